The minimum Gasteiger partial charge on any atom is -0.861 e. The van der Waals surface area contributed by atoms with Gasteiger partial charge in [-0.05, 0) is 25.7 Å². The Hall–Kier alpha value is -1.04. The van der Waals surface area contributed by atoms with Crippen LogP contribution in [0.3, 0.4) is 0 Å². The largest absolute Gasteiger partial charge is 0.861 e. The lowest BCUT2D eigenvalue weighted by molar-refractivity contribution is -0.759. The molecule has 0 amide bonds. The van der Waals surface area contributed by atoms with Crippen molar-refractivity contribution in [3.05, 3.63) is 6.20 Å². The highest BCUT2D eigenvalue weighted by Gasteiger charge is 2.13. The average molecular weight is 269 g/mol. The maximum Gasteiger partial charge on any atom is 0.320 e. The molecule has 100 valence electrons. The third-order valence-electron chi connectivity index (χ3n) is 3.05. The van der Waals surface area contributed by atoms with Gasteiger partial charge in [0.05, 0.1) is 0 Å². The van der Waals surface area contributed by atoms with E-state index in [-0.39, 0.29) is 5.90 Å². The first-order valence-corrected chi connectivity index (χ1v) is 7.55. The van der Waals surface area contributed by atoms with E-state index < -0.39 is 0 Å². The van der Waals surface area contributed by atoms with Crippen LogP contribution in [0.2, 0.25) is 0 Å². The lowest BCUT2D eigenvalue weighted by Crippen LogP contribution is -2.32. The molecule has 0 aliphatic heterocycles. The van der Waals surface area contributed by atoms with Crippen LogP contribution in [-0.4, -0.2) is 22.2 Å². The van der Waals surface area contributed by atoms with Crippen molar-refractivity contribution in [2.45, 2.75) is 50.8 Å². The van der Waals surface area contributed by atoms with Gasteiger partial charge in [0.15, 0.2) is 6.54 Å². The van der Waals surface area contributed by atoms with Gasteiger partial charge in [0.1, 0.15) is 0 Å². The van der Waals surface area contributed by atoms with E-state index >= 15 is 0 Å². The molecular formula is C12H19N3O2S. The minimum atomic E-state index is -0.134. The highest BCUT2D eigenvalue weighted by molar-refractivity contribution is 8.00. The summed E-state index contributed by atoms with van der Waals surface area (Å²) in [4.78, 5) is 3.90. The topological polar surface area (TPSA) is 65.3 Å². The summed E-state index contributed by atoms with van der Waals surface area (Å²) < 4.78 is 6.55. The second kappa shape index (κ2) is 6.78. The van der Waals surface area contributed by atoms with Gasteiger partial charge in [0, 0.05) is 11.0 Å². The summed E-state index contributed by atoms with van der Waals surface area (Å²) in [5.41, 5.74) is 0. The molecule has 0 atom stereocenters. The van der Waals surface area contributed by atoms with E-state index in [9.17, 15) is 5.11 Å². The van der Waals surface area contributed by atoms with Gasteiger partial charge in [0.25, 0.3) is 6.20 Å². The molecular weight excluding hydrogens is 250 g/mol. The van der Waals surface area contributed by atoms with Crippen LogP contribution < -0.4 is 9.79 Å². The molecule has 0 unspecified atom stereocenters. The Balaban J connectivity index is 1.80. The predicted molar refractivity (Wildman–Crippen MR) is 68.8 cm³/mol. The lowest BCUT2D eigenvalue weighted by Gasteiger charge is -2.22. The van der Waals surface area contributed by atoms with Crippen LogP contribution in [0.4, 0.5) is 5.88 Å². The van der Waals surface area contributed by atoms with Crippen molar-refractivity contribution in [3.8, 4) is 0 Å². The molecule has 5 nitrogen and oxygen atoms in total. The molecule has 2 rings (SSSR count). The fourth-order valence-corrected chi connectivity index (χ4v) is 3.15. The molecule has 1 aromatic rings. The molecule has 1 aliphatic rings. The van der Waals surface area contributed by atoms with E-state index in [1.807, 2.05) is 6.92 Å². The van der Waals surface area contributed by atoms with E-state index in [0.717, 1.165) is 0 Å². The third kappa shape index (κ3) is 4.01. The maximum absolute atomic E-state index is 11.7. The molecule has 6 heteroatoms. The first-order valence-electron chi connectivity index (χ1n) is 6.50. The van der Waals surface area contributed by atoms with E-state index in [4.69, 9.17) is 4.52 Å². The first kappa shape index (κ1) is 13.4. The van der Waals surface area contributed by atoms with Crippen molar-refractivity contribution in [3.63, 3.8) is 0 Å². The molecule has 0 aromatic carbocycles. The fourth-order valence-electron chi connectivity index (χ4n) is 2.04. The zero-order valence-corrected chi connectivity index (χ0v) is 11.5. The molecule has 0 N–H and O–H groups in total. The summed E-state index contributed by atoms with van der Waals surface area (Å²) in [6, 6.07) is 0. The van der Waals surface area contributed by atoms with E-state index in [1.165, 1.54) is 32.1 Å². The molecule has 1 saturated carbocycles. The molecule has 18 heavy (non-hydrogen) atoms. The van der Waals surface area contributed by atoms with E-state index in [2.05, 4.69) is 10.3 Å². The van der Waals surface area contributed by atoms with Gasteiger partial charge in [-0.25, -0.2) is 4.99 Å². The van der Waals surface area contributed by atoms with Crippen LogP contribution in [0.25, 0.3) is 0 Å². The van der Waals surface area contributed by atoms with Crippen molar-refractivity contribution >= 4 is 23.5 Å². The van der Waals surface area contributed by atoms with Gasteiger partial charge in [-0.2, -0.15) is 11.8 Å². The predicted octanol–water partition coefficient (Wildman–Crippen LogP) is 1.44. The Bertz CT molecular complexity index is 400. The smallest absolute Gasteiger partial charge is 0.320 e. The summed E-state index contributed by atoms with van der Waals surface area (Å²) in [5, 5.41) is 16.0. The third-order valence-corrected chi connectivity index (χ3v) is 4.41. The Kier molecular flexibility index (Phi) is 5.04. The summed E-state index contributed by atoms with van der Waals surface area (Å²) in [7, 11) is 0. The van der Waals surface area contributed by atoms with Crippen molar-refractivity contribution in [2.75, 3.05) is 5.75 Å². The van der Waals surface area contributed by atoms with E-state index in [0.29, 0.717) is 23.4 Å². The summed E-state index contributed by atoms with van der Waals surface area (Å²) >= 11 is 1.73. The first-order chi connectivity index (χ1) is 8.78. The quantitative estimate of drug-likeness (QED) is 0.461. The average Bonchev–Trinajstić information content (AvgIpc) is 2.85. The van der Waals surface area contributed by atoms with Gasteiger partial charge >= 0.3 is 5.88 Å². The maximum atomic E-state index is 11.7. The standard InChI is InChI=1S/C12H19N3O2S/c1-2-15-8-12(17-14-15)13-11(16)9-18-10-6-4-3-5-7-10/h8,10H,2-7,9H2,1H3. The summed E-state index contributed by atoms with van der Waals surface area (Å²) in [6.45, 7) is 2.66. The zero-order chi connectivity index (χ0) is 12.8. The molecule has 1 aliphatic carbocycles. The molecule has 1 fully saturated rings. The van der Waals surface area contributed by atoms with Crippen LogP contribution in [0, 0.1) is 0 Å². The van der Waals surface area contributed by atoms with Gasteiger partial charge in [-0.15, -0.1) is 0 Å². The number of aryl methyl sites for hydroxylation is 1. The molecule has 0 saturated heterocycles. The van der Waals surface area contributed by atoms with E-state index in [1.54, 1.807) is 22.6 Å². The number of aliphatic imine (C=N–C) groups is 1. The second-order valence-electron chi connectivity index (χ2n) is 4.47. The Morgan fingerprint density at radius 2 is 2.33 bits per heavy atom. The molecule has 0 spiro atoms. The number of rotatable bonds is 5. The Morgan fingerprint density at radius 3 is 3.00 bits per heavy atom. The van der Waals surface area contributed by atoms with Crippen molar-refractivity contribution in [2.24, 2.45) is 4.99 Å². The number of hydrogen-bond donors (Lipinski definition) is 0. The zero-order valence-electron chi connectivity index (χ0n) is 10.7. The minimum absolute atomic E-state index is 0.134. The van der Waals surface area contributed by atoms with Gasteiger partial charge < -0.3 is 5.11 Å². The highest BCUT2D eigenvalue weighted by atomic mass is 32.2. The van der Waals surface area contributed by atoms with Crippen LogP contribution in [0.15, 0.2) is 15.7 Å². The van der Waals surface area contributed by atoms with Crippen molar-refractivity contribution < 1.29 is 14.3 Å². The van der Waals surface area contributed by atoms with Crippen LogP contribution in [0.5, 0.6) is 0 Å². The normalized spacial score (nSPS) is 18.2. The highest BCUT2D eigenvalue weighted by Crippen LogP contribution is 2.28. The monoisotopic (exact) mass is 269 g/mol. The van der Waals surface area contributed by atoms with Crippen LogP contribution in [-0.2, 0) is 6.54 Å². The number of thioether (sulfide) groups is 1. The number of hydrogen-bond acceptors (Lipinski definition) is 5. The number of aromatic nitrogens is 2. The summed E-state index contributed by atoms with van der Waals surface area (Å²) in [6.07, 6.45) is 8.03. The van der Waals surface area contributed by atoms with Crippen molar-refractivity contribution in [1.29, 1.82) is 0 Å². The molecule has 0 bridgehead atoms. The van der Waals surface area contributed by atoms with Crippen molar-refractivity contribution in [1.82, 2.24) is 5.27 Å². The van der Waals surface area contributed by atoms with Crippen LogP contribution in [0.1, 0.15) is 39.0 Å². The second-order valence-corrected chi connectivity index (χ2v) is 5.76. The van der Waals surface area contributed by atoms with Gasteiger partial charge in [0.2, 0.25) is 5.27 Å². The Labute approximate surface area is 111 Å². The number of nitrogens with zero attached hydrogens (tertiary/aromatic N) is 3. The lowest BCUT2D eigenvalue weighted by atomic mass is 10.0. The molecule has 0 radical (unpaired) electrons. The van der Waals surface area contributed by atoms with Gasteiger partial charge in [-0.3, -0.25) is 4.52 Å². The van der Waals surface area contributed by atoms with Crippen LogP contribution >= 0.6 is 11.8 Å². The Morgan fingerprint density at radius 1 is 1.56 bits per heavy atom. The SMILES string of the molecule is CC[n+]1cc(/N=C(/[O-])CSC2CCCCC2)on1. The molecule has 1 heterocycles. The molecule has 1 aromatic heterocycles. The van der Waals surface area contributed by atoms with Gasteiger partial charge in [-0.1, -0.05) is 23.9 Å². The summed E-state index contributed by atoms with van der Waals surface area (Å²) in [5.74, 6) is 0.605. The fraction of sp³-hybridized carbons (Fsp3) is 0.750.